The molecule has 0 aliphatic rings. The standard InChI is InChI=1S/C14H12ClNO2/c1-9-2-4-10(5-3-9)14(18)16-11-6-7-12(15)13(17)8-11/h2-8,17H,1H3,(H,16,18). The first-order valence-electron chi connectivity index (χ1n) is 5.43. The highest BCUT2D eigenvalue weighted by atomic mass is 35.5. The molecule has 0 radical (unpaired) electrons. The van der Waals surface area contributed by atoms with Crippen LogP contribution in [0.4, 0.5) is 5.69 Å². The largest absolute Gasteiger partial charge is 0.506 e. The zero-order valence-corrected chi connectivity index (χ0v) is 10.5. The summed E-state index contributed by atoms with van der Waals surface area (Å²) in [7, 11) is 0. The summed E-state index contributed by atoms with van der Waals surface area (Å²) in [4.78, 5) is 11.9. The molecule has 4 heteroatoms. The van der Waals surface area contributed by atoms with Gasteiger partial charge in [0.25, 0.3) is 5.91 Å². The summed E-state index contributed by atoms with van der Waals surface area (Å²) in [5, 5.41) is 12.4. The van der Waals surface area contributed by atoms with Gasteiger partial charge in [0.15, 0.2) is 0 Å². The van der Waals surface area contributed by atoms with Gasteiger partial charge in [-0.2, -0.15) is 0 Å². The first kappa shape index (κ1) is 12.5. The maximum Gasteiger partial charge on any atom is 0.255 e. The van der Waals surface area contributed by atoms with Crippen LogP contribution in [0.3, 0.4) is 0 Å². The van der Waals surface area contributed by atoms with Crippen LogP contribution in [0.25, 0.3) is 0 Å². The molecule has 0 aliphatic carbocycles. The summed E-state index contributed by atoms with van der Waals surface area (Å²) in [5.74, 6) is -0.282. The fourth-order valence-electron chi connectivity index (χ4n) is 1.50. The van der Waals surface area contributed by atoms with Crippen molar-refractivity contribution in [2.24, 2.45) is 0 Å². The number of hydrogen-bond donors (Lipinski definition) is 2. The van der Waals surface area contributed by atoms with Crippen LogP contribution in [0.1, 0.15) is 15.9 Å². The predicted molar refractivity (Wildman–Crippen MR) is 72.2 cm³/mol. The maximum absolute atomic E-state index is 11.9. The molecule has 92 valence electrons. The van der Waals surface area contributed by atoms with Crippen molar-refractivity contribution in [2.45, 2.75) is 6.92 Å². The summed E-state index contributed by atoms with van der Waals surface area (Å²) in [5.41, 5.74) is 2.16. The smallest absolute Gasteiger partial charge is 0.255 e. The third-order valence-electron chi connectivity index (χ3n) is 2.52. The minimum Gasteiger partial charge on any atom is -0.506 e. The molecule has 18 heavy (non-hydrogen) atoms. The highest BCUT2D eigenvalue weighted by Gasteiger charge is 2.07. The van der Waals surface area contributed by atoms with Crippen LogP contribution in [-0.4, -0.2) is 11.0 Å². The number of amides is 1. The Kier molecular flexibility index (Phi) is 3.53. The number of phenols is 1. The van der Waals surface area contributed by atoms with Crippen LogP contribution < -0.4 is 5.32 Å². The van der Waals surface area contributed by atoms with Crippen LogP contribution in [0.5, 0.6) is 5.75 Å². The molecule has 0 fully saturated rings. The highest BCUT2D eigenvalue weighted by molar-refractivity contribution is 6.32. The first-order valence-corrected chi connectivity index (χ1v) is 5.80. The van der Waals surface area contributed by atoms with Gasteiger partial charge in [-0.05, 0) is 31.2 Å². The number of aromatic hydroxyl groups is 1. The van der Waals surface area contributed by atoms with Gasteiger partial charge >= 0.3 is 0 Å². The molecule has 0 aliphatic heterocycles. The summed E-state index contributed by atoms with van der Waals surface area (Å²) < 4.78 is 0. The average molecular weight is 262 g/mol. The van der Waals surface area contributed by atoms with Crippen molar-refractivity contribution < 1.29 is 9.90 Å². The topological polar surface area (TPSA) is 49.3 Å². The van der Waals surface area contributed by atoms with E-state index in [1.807, 2.05) is 19.1 Å². The van der Waals surface area contributed by atoms with Gasteiger partial charge in [0.2, 0.25) is 0 Å². The van der Waals surface area contributed by atoms with Crippen molar-refractivity contribution in [1.82, 2.24) is 0 Å². The van der Waals surface area contributed by atoms with Crippen molar-refractivity contribution in [3.8, 4) is 5.75 Å². The van der Waals surface area contributed by atoms with E-state index in [0.29, 0.717) is 11.3 Å². The minimum absolute atomic E-state index is 0.0571. The molecule has 0 unspecified atom stereocenters. The molecule has 2 aromatic rings. The van der Waals surface area contributed by atoms with E-state index in [4.69, 9.17) is 11.6 Å². The Morgan fingerprint density at radius 2 is 1.83 bits per heavy atom. The molecule has 0 saturated heterocycles. The Morgan fingerprint density at radius 3 is 2.44 bits per heavy atom. The number of benzene rings is 2. The van der Waals surface area contributed by atoms with E-state index in [1.54, 1.807) is 18.2 Å². The van der Waals surface area contributed by atoms with Crippen LogP contribution in [-0.2, 0) is 0 Å². The van der Waals surface area contributed by atoms with Crippen molar-refractivity contribution in [1.29, 1.82) is 0 Å². The fourth-order valence-corrected chi connectivity index (χ4v) is 1.62. The van der Waals surface area contributed by atoms with Gasteiger partial charge in [-0.25, -0.2) is 0 Å². The van der Waals surface area contributed by atoms with E-state index in [-0.39, 0.29) is 16.7 Å². The second-order valence-corrected chi connectivity index (χ2v) is 4.39. The lowest BCUT2D eigenvalue weighted by Gasteiger charge is -2.06. The van der Waals surface area contributed by atoms with Gasteiger partial charge in [0.1, 0.15) is 5.75 Å². The van der Waals surface area contributed by atoms with Crippen LogP contribution in [0, 0.1) is 6.92 Å². The molecule has 0 aromatic heterocycles. The number of anilines is 1. The molecule has 2 aromatic carbocycles. The van der Waals surface area contributed by atoms with E-state index >= 15 is 0 Å². The molecule has 2 N–H and O–H groups in total. The average Bonchev–Trinajstić information content (AvgIpc) is 2.34. The zero-order chi connectivity index (χ0) is 13.1. The molecule has 3 nitrogen and oxygen atoms in total. The van der Waals surface area contributed by atoms with E-state index < -0.39 is 0 Å². The van der Waals surface area contributed by atoms with Crippen LogP contribution in [0.2, 0.25) is 5.02 Å². The Hall–Kier alpha value is -2.00. The highest BCUT2D eigenvalue weighted by Crippen LogP contribution is 2.26. The number of aryl methyl sites for hydroxylation is 1. The summed E-state index contributed by atoms with van der Waals surface area (Å²) >= 11 is 5.69. The fraction of sp³-hybridized carbons (Fsp3) is 0.0714. The third kappa shape index (κ3) is 2.81. The second-order valence-electron chi connectivity index (χ2n) is 3.99. The number of rotatable bonds is 2. The van der Waals surface area contributed by atoms with Gasteiger partial charge < -0.3 is 10.4 Å². The molecule has 1 amide bonds. The van der Waals surface area contributed by atoms with Crippen LogP contribution in [0.15, 0.2) is 42.5 Å². The molecule has 2 rings (SSSR count). The van der Waals surface area contributed by atoms with E-state index in [9.17, 15) is 9.90 Å². The quantitative estimate of drug-likeness (QED) is 0.868. The maximum atomic E-state index is 11.9. The van der Waals surface area contributed by atoms with Gasteiger partial charge in [0.05, 0.1) is 5.02 Å². The van der Waals surface area contributed by atoms with Crippen molar-refractivity contribution in [2.75, 3.05) is 5.32 Å². The predicted octanol–water partition coefficient (Wildman–Crippen LogP) is 3.61. The number of phenolic OH excluding ortho intramolecular Hbond substituents is 1. The van der Waals surface area contributed by atoms with E-state index in [1.165, 1.54) is 12.1 Å². The first-order chi connectivity index (χ1) is 8.56. The normalized spacial score (nSPS) is 10.1. The van der Waals surface area contributed by atoms with Gasteiger partial charge in [-0.3, -0.25) is 4.79 Å². The molecule has 0 heterocycles. The minimum atomic E-state index is -0.225. The molecule has 0 saturated carbocycles. The van der Waals surface area contributed by atoms with E-state index in [2.05, 4.69) is 5.32 Å². The number of carbonyl (C=O) groups is 1. The Morgan fingerprint density at radius 1 is 1.17 bits per heavy atom. The molecular weight excluding hydrogens is 250 g/mol. The third-order valence-corrected chi connectivity index (χ3v) is 2.84. The number of hydrogen-bond acceptors (Lipinski definition) is 2. The van der Waals surface area contributed by atoms with E-state index in [0.717, 1.165) is 5.56 Å². The Bertz CT molecular complexity index is 579. The summed E-state index contributed by atoms with van der Waals surface area (Å²) in [6, 6.07) is 11.8. The van der Waals surface area contributed by atoms with Gasteiger partial charge in [0, 0.05) is 17.3 Å². The van der Waals surface area contributed by atoms with Crippen molar-refractivity contribution in [3.05, 3.63) is 58.6 Å². The van der Waals surface area contributed by atoms with Gasteiger partial charge in [-0.15, -0.1) is 0 Å². The molecular formula is C14H12ClNO2. The Labute approximate surface area is 110 Å². The monoisotopic (exact) mass is 261 g/mol. The van der Waals surface area contributed by atoms with Crippen LogP contribution >= 0.6 is 11.6 Å². The summed E-state index contributed by atoms with van der Waals surface area (Å²) in [6.07, 6.45) is 0. The summed E-state index contributed by atoms with van der Waals surface area (Å²) in [6.45, 7) is 1.96. The molecule has 0 atom stereocenters. The number of nitrogens with one attached hydrogen (secondary N) is 1. The number of carbonyl (C=O) groups excluding carboxylic acids is 1. The molecule has 0 bridgehead atoms. The van der Waals surface area contributed by atoms with Gasteiger partial charge in [-0.1, -0.05) is 29.3 Å². The zero-order valence-electron chi connectivity index (χ0n) is 9.77. The second kappa shape index (κ2) is 5.10. The SMILES string of the molecule is Cc1ccc(C(=O)Nc2ccc(Cl)c(O)c2)cc1. The Balaban J connectivity index is 2.16. The lowest BCUT2D eigenvalue weighted by molar-refractivity contribution is 0.102. The van der Waals surface area contributed by atoms with Crippen molar-refractivity contribution >= 4 is 23.2 Å². The lowest BCUT2D eigenvalue weighted by atomic mass is 10.1. The van der Waals surface area contributed by atoms with Crippen molar-refractivity contribution in [3.63, 3.8) is 0 Å². The number of halogens is 1. The lowest BCUT2D eigenvalue weighted by Crippen LogP contribution is -2.11. The molecule has 0 spiro atoms.